The Kier molecular flexibility index (Phi) is 18.1. The van der Waals surface area contributed by atoms with Gasteiger partial charge in [0, 0.05) is 61.3 Å². The minimum absolute atomic E-state index is 0.0368. The number of halogens is 20. The maximum atomic E-state index is 14.5. The molecule has 10 heterocycles. The zero-order chi connectivity index (χ0) is 75.7. The first-order valence-electron chi connectivity index (χ1n) is 29.2. The highest BCUT2D eigenvalue weighted by molar-refractivity contribution is 7.30. The summed E-state index contributed by atoms with van der Waals surface area (Å²) >= 11 is 7.01. The Balaban J connectivity index is 0.000000171. The molecule has 540 valence electrons. The zero-order valence-corrected chi connectivity index (χ0v) is 57.2. The van der Waals surface area contributed by atoms with Gasteiger partial charge >= 0.3 is 0 Å². The Hall–Kier alpha value is -9.06. The van der Waals surface area contributed by atoms with Crippen LogP contribution in [-0.2, 0) is 30.5 Å². The van der Waals surface area contributed by atoms with Crippen LogP contribution in [0.2, 0.25) is 0 Å². The minimum Gasteiger partial charge on any atom is -0.339 e. The normalized spacial score (nSPS) is 16.5. The molecule has 38 heteroatoms. The largest absolute Gasteiger partial charge is 0.339 e. The second-order valence-corrected chi connectivity index (χ2v) is 31.0. The fourth-order valence-electron chi connectivity index (χ4n) is 11.7. The van der Waals surface area contributed by atoms with Crippen molar-refractivity contribution >= 4 is 125 Å². The molecular formula is C68H20F20O10S8. The van der Waals surface area contributed by atoms with Crippen LogP contribution in [0, 0.1) is 116 Å². The van der Waals surface area contributed by atoms with Gasteiger partial charge in [0.05, 0.1) is 65.4 Å². The van der Waals surface area contributed by atoms with E-state index in [1.807, 2.05) is 0 Å². The van der Waals surface area contributed by atoms with E-state index in [0.717, 1.165) is 57.5 Å². The van der Waals surface area contributed by atoms with Gasteiger partial charge in [0.15, 0.2) is 93.1 Å². The van der Waals surface area contributed by atoms with Crippen molar-refractivity contribution in [2.24, 2.45) is 0 Å². The minimum atomic E-state index is -2.43. The molecule has 2 aliphatic heterocycles. The Labute approximate surface area is 606 Å². The molecule has 0 N–H and O–H groups in total. The molecule has 0 bridgehead atoms. The molecule has 2 aliphatic carbocycles. The summed E-state index contributed by atoms with van der Waals surface area (Å²) in [5, 5.41) is 0. The number of hydrogen-bond donors (Lipinski definition) is 0. The molecule has 2 saturated heterocycles. The SMILES string of the molecule is O=C(c1ccc(-c2cc3c(s2)-c2sc(-c4ccc(C(=O)c5c(F)c(F)c(F)c(F)c5F)s4)cc2C24OCCOC32OCCO4)s1)c1c(F)c(F)c(F)c(F)c1F.O=C1C(=O)c2cc(-c3ccc(C(=O)c4c(F)c(F)c(F)c(F)c4F)s3)sc2-c2sc(-c3ccc(C(=O)c4c(F)c(F)c(F)c(F)c4F)s3)cc21. The second kappa shape index (κ2) is 26.4. The van der Waals surface area contributed by atoms with E-state index in [1.165, 1.54) is 71.2 Å². The summed E-state index contributed by atoms with van der Waals surface area (Å²) < 4.78 is 305. The van der Waals surface area contributed by atoms with Crippen molar-refractivity contribution in [3.8, 4) is 58.5 Å². The first kappa shape index (κ1) is 72.5. The molecular weight excluding hydrogens is 1610 g/mol. The zero-order valence-electron chi connectivity index (χ0n) is 50.7. The third-order valence-electron chi connectivity index (χ3n) is 16.6. The molecule has 0 amide bonds. The highest BCUT2D eigenvalue weighted by atomic mass is 32.1. The highest BCUT2D eigenvalue weighted by Crippen LogP contribution is 2.65. The van der Waals surface area contributed by atoms with Crippen molar-refractivity contribution in [3.63, 3.8) is 0 Å². The van der Waals surface area contributed by atoms with Crippen LogP contribution in [0.15, 0.2) is 72.8 Å². The number of carbonyl (C=O) groups is 6. The number of rotatable bonds is 12. The third-order valence-corrected chi connectivity index (χ3v) is 26.6. The second-order valence-electron chi connectivity index (χ2n) is 22.5. The number of hydrogen-bond acceptors (Lipinski definition) is 18. The monoisotopic (exact) mass is 1630 g/mol. The predicted octanol–water partition coefficient (Wildman–Crippen LogP) is 20.4. The molecule has 0 atom stereocenters. The summed E-state index contributed by atoms with van der Waals surface area (Å²) in [7, 11) is 0. The van der Waals surface area contributed by atoms with E-state index in [9.17, 15) is 117 Å². The lowest BCUT2D eigenvalue weighted by Crippen LogP contribution is -2.63. The molecule has 0 radical (unpaired) electrons. The number of ether oxygens (including phenoxy) is 4. The van der Waals surface area contributed by atoms with Gasteiger partial charge in [-0.15, -0.1) is 90.7 Å². The lowest BCUT2D eigenvalue weighted by atomic mass is 9.83. The van der Waals surface area contributed by atoms with Gasteiger partial charge in [-0.1, -0.05) is 0 Å². The molecule has 0 saturated carbocycles. The summed E-state index contributed by atoms with van der Waals surface area (Å²) in [6.07, 6.45) is 0. The van der Waals surface area contributed by atoms with E-state index in [0.29, 0.717) is 82.6 Å². The number of Topliss-reactive ketones (excluding diaryl/α,β-unsaturated/α-hetero) is 2. The number of benzene rings is 4. The van der Waals surface area contributed by atoms with Gasteiger partial charge in [0.25, 0.3) is 11.6 Å². The molecule has 0 unspecified atom stereocenters. The summed E-state index contributed by atoms with van der Waals surface area (Å²) in [6, 6.07) is 16.0. The molecule has 12 aromatic rings. The van der Waals surface area contributed by atoms with Crippen molar-refractivity contribution in [2.45, 2.75) is 11.6 Å². The number of carbonyl (C=O) groups excluding carboxylic acids is 6. The quantitative estimate of drug-likeness (QED) is 0.0382. The molecule has 8 aromatic heterocycles. The topological polar surface area (TPSA) is 139 Å². The lowest BCUT2D eigenvalue weighted by Gasteiger charge is -2.55. The fourth-order valence-corrected chi connectivity index (χ4v) is 20.9. The summed E-state index contributed by atoms with van der Waals surface area (Å²) in [5.41, 5.74) is -5.71. The van der Waals surface area contributed by atoms with Gasteiger partial charge < -0.3 is 18.9 Å². The van der Waals surface area contributed by atoms with E-state index in [2.05, 4.69) is 0 Å². The van der Waals surface area contributed by atoms with Gasteiger partial charge in [-0.05, 0) is 72.8 Å². The van der Waals surface area contributed by atoms with Gasteiger partial charge in [-0.25, -0.2) is 87.8 Å². The first-order valence-corrected chi connectivity index (χ1v) is 35.7. The lowest BCUT2D eigenvalue weighted by molar-refractivity contribution is -0.483. The number of thiophene rings is 8. The van der Waals surface area contributed by atoms with E-state index in [1.54, 1.807) is 12.1 Å². The van der Waals surface area contributed by atoms with Gasteiger partial charge in [0.2, 0.25) is 58.0 Å². The van der Waals surface area contributed by atoms with Crippen LogP contribution in [0.3, 0.4) is 0 Å². The molecule has 4 aliphatic rings. The van der Waals surface area contributed by atoms with Crippen LogP contribution >= 0.6 is 90.7 Å². The van der Waals surface area contributed by atoms with Crippen LogP contribution < -0.4 is 0 Å². The van der Waals surface area contributed by atoms with Crippen molar-refractivity contribution in [3.05, 3.63) is 253 Å². The Bertz CT molecular complexity index is 5470. The van der Waals surface area contributed by atoms with Crippen molar-refractivity contribution in [1.29, 1.82) is 0 Å². The molecule has 106 heavy (non-hydrogen) atoms. The molecule has 4 aromatic carbocycles. The Morgan fingerprint density at radius 1 is 0.255 bits per heavy atom. The molecule has 16 rings (SSSR count). The third kappa shape index (κ3) is 10.8. The maximum absolute atomic E-state index is 14.5. The maximum Gasteiger partial charge on any atom is 0.257 e. The average molecular weight is 1630 g/mol. The number of fused-ring (bicyclic) bond motifs is 6. The summed E-state index contributed by atoms with van der Waals surface area (Å²) in [6.45, 7) is 0.261. The number of ketones is 6. The Morgan fingerprint density at radius 2 is 0.453 bits per heavy atom. The highest BCUT2D eigenvalue weighted by Gasteiger charge is 2.68. The van der Waals surface area contributed by atoms with Crippen LogP contribution in [0.4, 0.5) is 87.8 Å². The van der Waals surface area contributed by atoms with Gasteiger partial charge in [0.1, 0.15) is 22.3 Å². The average Bonchev–Trinajstić information content (AvgIpc) is 1.40. The molecule has 2 fully saturated rings. The van der Waals surface area contributed by atoms with Crippen LogP contribution in [-0.4, -0.2) is 61.1 Å². The Morgan fingerprint density at radius 3 is 0.679 bits per heavy atom. The van der Waals surface area contributed by atoms with Crippen molar-refractivity contribution < 1.29 is 136 Å². The van der Waals surface area contributed by atoms with Crippen molar-refractivity contribution in [2.75, 3.05) is 26.4 Å². The molecule has 0 spiro atoms. The van der Waals surface area contributed by atoms with Gasteiger partial charge in [-0.3, -0.25) is 28.8 Å². The summed E-state index contributed by atoms with van der Waals surface area (Å²) in [4.78, 5) is 81.0. The van der Waals surface area contributed by atoms with Crippen LogP contribution in [0.5, 0.6) is 0 Å². The predicted molar refractivity (Wildman–Crippen MR) is 343 cm³/mol. The van der Waals surface area contributed by atoms with Crippen LogP contribution in [0.1, 0.15) is 92.8 Å². The first-order chi connectivity index (χ1) is 50.3. The van der Waals surface area contributed by atoms with E-state index in [4.69, 9.17) is 18.9 Å². The summed E-state index contributed by atoms with van der Waals surface area (Å²) in [5.74, 6) is -57.3. The fraction of sp³-hybridized carbons (Fsp3) is 0.0882. The van der Waals surface area contributed by atoms with E-state index in [-0.39, 0.29) is 57.1 Å². The van der Waals surface area contributed by atoms with Crippen molar-refractivity contribution in [1.82, 2.24) is 0 Å². The van der Waals surface area contributed by atoms with Crippen LogP contribution in [0.25, 0.3) is 58.5 Å². The smallest absolute Gasteiger partial charge is 0.257 e. The standard InChI is InChI=1S/C36H14F10O6S4.C32H6F10O4S4/c37-21-19(22(38)26(42)29(45)25(21)41)31(47)15-3-1-13(53-15)17-9-11-33(55-17)34-12(36-35(11,49-5-7-51-36)50-6-8-52-36)10-18(56-34)14-2-4-16(54-14)32(48)20-23(39)27(43)30(46)28(44)24(20)40;33-17-15(18(34)22(38)25(41)21(17)37)29(45)11-3-1-9(47-11)13-5-7-27(43)28(44)8-6-14(50-32(8)31(7)49-13)10-2-4-12(48-10)30(46)16-19(35)23(39)26(42)24(40)20(16)36/h1-4,9-10H,5-8H2;1-6H. The van der Waals surface area contributed by atoms with Gasteiger partial charge in [-0.2, -0.15) is 0 Å². The van der Waals surface area contributed by atoms with E-state index >= 15 is 0 Å². The van der Waals surface area contributed by atoms with E-state index < -0.39 is 195 Å². The molecule has 10 nitrogen and oxygen atoms in total.